The topological polar surface area (TPSA) is 58.4 Å². The maximum atomic E-state index is 13.1. The summed E-state index contributed by atoms with van der Waals surface area (Å²) in [6.45, 7) is 3.00. The van der Waals surface area contributed by atoms with Crippen LogP contribution in [0.15, 0.2) is 12.3 Å². The Balaban J connectivity index is 1.79. The second-order valence-electron chi connectivity index (χ2n) is 6.57. The Morgan fingerprint density at radius 1 is 1.23 bits per heavy atom. The van der Waals surface area contributed by atoms with Crippen LogP contribution in [0, 0.1) is 0 Å². The van der Waals surface area contributed by atoms with Gasteiger partial charge >= 0.3 is 0 Å². The van der Waals surface area contributed by atoms with Crippen molar-refractivity contribution >= 4 is 10.2 Å². The zero-order chi connectivity index (χ0) is 15.7. The van der Waals surface area contributed by atoms with Crippen molar-refractivity contribution < 1.29 is 8.42 Å². The van der Waals surface area contributed by atoms with Crippen LogP contribution in [-0.2, 0) is 23.3 Å². The van der Waals surface area contributed by atoms with E-state index in [-0.39, 0.29) is 12.1 Å². The van der Waals surface area contributed by atoms with Gasteiger partial charge in [-0.25, -0.2) is 0 Å². The minimum Gasteiger partial charge on any atom is -0.267 e. The van der Waals surface area contributed by atoms with Crippen LogP contribution in [0.2, 0.25) is 0 Å². The predicted octanol–water partition coefficient (Wildman–Crippen LogP) is 1.99. The second kappa shape index (κ2) is 6.29. The fraction of sp³-hybridized carbons (Fsp3) is 0.800. The molecule has 1 aliphatic carbocycles. The van der Waals surface area contributed by atoms with Crippen LogP contribution in [0.1, 0.15) is 51.1 Å². The number of fused-ring (bicyclic) bond motifs is 1. The van der Waals surface area contributed by atoms with Crippen molar-refractivity contribution in [2.24, 2.45) is 0 Å². The van der Waals surface area contributed by atoms with Crippen LogP contribution in [0.5, 0.6) is 0 Å². The molecule has 1 saturated carbocycles. The highest BCUT2D eigenvalue weighted by Crippen LogP contribution is 2.27. The maximum absolute atomic E-state index is 13.1. The Kier molecular flexibility index (Phi) is 4.56. The summed E-state index contributed by atoms with van der Waals surface area (Å²) >= 11 is 0. The van der Waals surface area contributed by atoms with E-state index < -0.39 is 10.2 Å². The van der Waals surface area contributed by atoms with E-state index >= 15 is 0 Å². The van der Waals surface area contributed by atoms with Gasteiger partial charge in [-0.15, -0.1) is 0 Å². The Bertz CT molecular complexity index is 605. The highest BCUT2D eigenvalue weighted by Gasteiger charge is 2.37. The SMILES string of the molecule is CC1Cn2nccc2CN1S(=O)(=O)N(C)C1CCCCCC1. The monoisotopic (exact) mass is 326 g/mol. The lowest BCUT2D eigenvalue weighted by Gasteiger charge is -2.37. The molecule has 0 aromatic carbocycles. The van der Waals surface area contributed by atoms with Gasteiger partial charge in [0.05, 0.1) is 18.8 Å². The molecule has 1 aliphatic heterocycles. The third-order valence-electron chi connectivity index (χ3n) is 5.05. The molecule has 22 heavy (non-hydrogen) atoms. The number of aromatic nitrogens is 2. The standard InChI is InChI=1S/C15H26N4O2S/c1-13-11-18-15(9-10-16-18)12-19(13)22(20,21)17(2)14-7-5-3-4-6-8-14/h9-10,13-14H,3-8,11-12H2,1-2H3. The van der Waals surface area contributed by atoms with Gasteiger partial charge in [0.15, 0.2) is 0 Å². The van der Waals surface area contributed by atoms with Crippen LogP contribution in [0.3, 0.4) is 0 Å². The van der Waals surface area contributed by atoms with Crippen molar-refractivity contribution in [2.75, 3.05) is 7.05 Å². The molecular weight excluding hydrogens is 300 g/mol. The molecule has 7 heteroatoms. The van der Waals surface area contributed by atoms with Gasteiger partial charge in [0.1, 0.15) is 0 Å². The van der Waals surface area contributed by atoms with Gasteiger partial charge in [-0.1, -0.05) is 25.7 Å². The molecule has 1 atom stereocenters. The molecule has 2 aliphatic rings. The van der Waals surface area contributed by atoms with Gasteiger partial charge in [0.2, 0.25) is 0 Å². The second-order valence-corrected chi connectivity index (χ2v) is 8.51. The molecule has 0 radical (unpaired) electrons. The quantitative estimate of drug-likeness (QED) is 0.798. The lowest BCUT2D eigenvalue weighted by molar-refractivity contribution is 0.219. The molecule has 0 amide bonds. The first-order valence-electron chi connectivity index (χ1n) is 8.25. The molecule has 3 rings (SSSR count). The van der Waals surface area contributed by atoms with Gasteiger partial charge < -0.3 is 0 Å². The molecule has 1 unspecified atom stereocenters. The molecule has 1 fully saturated rings. The molecule has 0 N–H and O–H groups in total. The third-order valence-corrected chi connectivity index (χ3v) is 7.16. The van der Waals surface area contributed by atoms with Crippen LogP contribution in [-0.4, -0.2) is 45.9 Å². The highest BCUT2D eigenvalue weighted by atomic mass is 32.2. The molecule has 0 bridgehead atoms. The summed E-state index contributed by atoms with van der Waals surface area (Å²) in [5.74, 6) is 0. The Morgan fingerprint density at radius 3 is 2.59 bits per heavy atom. The fourth-order valence-corrected chi connectivity index (χ4v) is 5.34. The molecule has 1 aromatic heterocycles. The van der Waals surface area contributed by atoms with Crippen molar-refractivity contribution in [3.05, 3.63) is 18.0 Å². The summed E-state index contributed by atoms with van der Waals surface area (Å²) in [6.07, 6.45) is 8.42. The molecule has 6 nitrogen and oxygen atoms in total. The summed E-state index contributed by atoms with van der Waals surface area (Å²) in [5.41, 5.74) is 0.968. The van der Waals surface area contributed by atoms with Crippen molar-refractivity contribution in [1.82, 2.24) is 18.4 Å². The number of rotatable bonds is 3. The van der Waals surface area contributed by atoms with E-state index in [1.807, 2.05) is 17.7 Å². The van der Waals surface area contributed by atoms with Crippen molar-refractivity contribution in [1.29, 1.82) is 0 Å². The van der Waals surface area contributed by atoms with Crippen LogP contribution in [0.25, 0.3) is 0 Å². The summed E-state index contributed by atoms with van der Waals surface area (Å²) in [7, 11) is -1.67. The summed E-state index contributed by atoms with van der Waals surface area (Å²) < 4.78 is 31.3. The minimum atomic E-state index is -3.42. The normalized spacial score (nSPS) is 25.1. The lowest BCUT2D eigenvalue weighted by atomic mass is 10.1. The predicted molar refractivity (Wildman–Crippen MR) is 85.4 cm³/mol. The van der Waals surface area contributed by atoms with E-state index in [9.17, 15) is 8.42 Å². The van der Waals surface area contributed by atoms with E-state index in [4.69, 9.17) is 0 Å². The highest BCUT2D eigenvalue weighted by molar-refractivity contribution is 7.86. The first-order chi connectivity index (χ1) is 10.5. The fourth-order valence-electron chi connectivity index (χ4n) is 3.60. The zero-order valence-corrected chi connectivity index (χ0v) is 14.3. The zero-order valence-electron chi connectivity index (χ0n) is 13.5. The number of nitrogens with zero attached hydrogens (tertiary/aromatic N) is 4. The van der Waals surface area contributed by atoms with Crippen molar-refractivity contribution in [3.63, 3.8) is 0 Å². The molecule has 124 valence electrons. The molecule has 0 saturated heterocycles. The lowest BCUT2D eigenvalue weighted by Crippen LogP contribution is -2.52. The molecular formula is C15H26N4O2S. The Morgan fingerprint density at radius 2 is 1.91 bits per heavy atom. The Hall–Kier alpha value is -0.920. The van der Waals surface area contributed by atoms with E-state index in [2.05, 4.69) is 5.10 Å². The van der Waals surface area contributed by atoms with Crippen molar-refractivity contribution in [2.45, 2.75) is 70.6 Å². The van der Waals surface area contributed by atoms with Gasteiger partial charge in [-0.05, 0) is 25.8 Å². The van der Waals surface area contributed by atoms with Crippen molar-refractivity contribution in [3.8, 4) is 0 Å². The molecule has 1 aromatic rings. The molecule has 0 spiro atoms. The third kappa shape index (κ3) is 2.94. The maximum Gasteiger partial charge on any atom is 0.282 e. The van der Waals surface area contributed by atoms with E-state index in [1.165, 1.54) is 12.8 Å². The Labute approximate surface area is 133 Å². The average molecular weight is 326 g/mol. The summed E-state index contributed by atoms with van der Waals surface area (Å²) in [6, 6.07) is 1.98. The molecule has 2 heterocycles. The first-order valence-corrected chi connectivity index (χ1v) is 9.65. The van der Waals surface area contributed by atoms with E-state index in [0.717, 1.165) is 31.4 Å². The van der Waals surface area contributed by atoms with Crippen LogP contribution >= 0.6 is 0 Å². The van der Waals surface area contributed by atoms with Gasteiger partial charge in [-0.3, -0.25) is 4.68 Å². The first kappa shape index (κ1) is 16.0. The minimum absolute atomic E-state index is 0.0642. The van der Waals surface area contributed by atoms with E-state index in [0.29, 0.717) is 13.1 Å². The largest absolute Gasteiger partial charge is 0.282 e. The number of hydrogen-bond donors (Lipinski definition) is 0. The van der Waals surface area contributed by atoms with Gasteiger partial charge in [0, 0.05) is 25.3 Å². The summed E-state index contributed by atoms with van der Waals surface area (Å²) in [4.78, 5) is 0. The van der Waals surface area contributed by atoms with Gasteiger partial charge in [-0.2, -0.15) is 22.1 Å². The van der Waals surface area contributed by atoms with Gasteiger partial charge in [0.25, 0.3) is 10.2 Å². The van der Waals surface area contributed by atoms with Crippen LogP contribution < -0.4 is 0 Å². The average Bonchev–Trinajstić information content (AvgIpc) is 2.77. The smallest absolute Gasteiger partial charge is 0.267 e. The van der Waals surface area contributed by atoms with E-state index in [1.54, 1.807) is 21.9 Å². The van der Waals surface area contributed by atoms with Crippen LogP contribution in [0.4, 0.5) is 0 Å². The summed E-state index contributed by atoms with van der Waals surface area (Å²) in [5, 5.41) is 4.25. The number of hydrogen-bond acceptors (Lipinski definition) is 3.